The average Bonchev–Trinajstić information content (AvgIpc) is 3.28. The van der Waals surface area contributed by atoms with Crippen LogP contribution in [0.15, 0.2) is 53.4 Å². The second kappa shape index (κ2) is 7.71. The number of para-hydroxylation sites is 2. The normalized spacial score (nSPS) is 21.9. The molecule has 0 spiro atoms. The van der Waals surface area contributed by atoms with E-state index in [0.717, 1.165) is 50.0 Å². The van der Waals surface area contributed by atoms with E-state index in [9.17, 15) is 13.2 Å². The molecule has 3 aliphatic rings. The van der Waals surface area contributed by atoms with Gasteiger partial charge in [-0.05, 0) is 62.1 Å². The molecule has 2 aromatic carbocycles. The zero-order valence-electron chi connectivity index (χ0n) is 17.0. The van der Waals surface area contributed by atoms with Gasteiger partial charge in [-0.1, -0.05) is 18.6 Å². The van der Waals surface area contributed by atoms with Gasteiger partial charge in [-0.3, -0.25) is 4.79 Å². The number of fused-ring (bicyclic) bond motifs is 3. The molecule has 2 fully saturated rings. The Bertz CT molecular complexity index is 1050. The van der Waals surface area contributed by atoms with Gasteiger partial charge in [0, 0.05) is 37.8 Å². The molecule has 0 saturated carbocycles. The number of nitrogens with zero attached hydrogens (tertiary/aromatic N) is 3. The van der Waals surface area contributed by atoms with E-state index in [4.69, 9.17) is 0 Å². The molecule has 3 heterocycles. The fourth-order valence-electron chi connectivity index (χ4n) is 4.96. The summed E-state index contributed by atoms with van der Waals surface area (Å²) in [5.41, 5.74) is 2.57. The lowest BCUT2D eigenvalue weighted by Crippen LogP contribution is -2.48. The van der Waals surface area contributed by atoms with Crippen molar-refractivity contribution in [1.82, 2.24) is 4.31 Å². The Morgan fingerprint density at radius 1 is 0.833 bits per heavy atom. The standard InChI is InChI=1S/C23H27N3O3S/c27-23(26-17-19-7-6-16-25(19)21-8-2-3-9-22(21)26)18-10-12-20(13-11-18)30(28,29)24-14-4-1-5-15-24/h2-3,8-13,19H,1,4-7,14-17H2/t19-/m0/s1. The number of benzene rings is 2. The van der Waals surface area contributed by atoms with Crippen LogP contribution < -0.4 is 9.80 Å². The highest BCUT2D eigenvalue weighted by Crippen LogP contribution is 2.39. The minimum Gasteiger partial charge on any atom is -0.365 e. The van der Waals surface area contributed by atoms with Crippen molar-refractivity contribution in [2.24, 2.45) is 0 Å². The van der Waals surface area contributed by atoms with Crippen molar-refractivity contribution in [1.29, 1.82) is 0 Å². The van der Waals surface area contributed by atoms with Crippen LogP contribution in [0.1, 0.15) is 42.5 Å². The molecule has 0 bridgehead atoms. The Balaban J connectivity index is 1.41. The predicted octanol–water partition coefficient (Wildman–Crippen LogP) is 3.49. The SMILES string of the molecule is O=C(c1ccc(S(=O)(=O)N2CCCCC2)cc1)N1C[C@@H]2CCCN2c2ccccc21. The number of anilines is 2. The average molecular weight is 426 g/mol. The van der Waals surface area contributed by atoms with Crippen LogP contribution in [0.25, 0.3) is 0 Å². The van der Waals surface area contributed by atoms with E-state index in [1.165, 1.54) is 0 Å². The van der Waals surface area contributed by atoms with E-state index in [2.05, 4.69) is 11.0 Å². The summed E-state index contributed by atoms with van der Waals surface area (Å²) in [5.74, 6) is -0.0732. The first-order chi connectivity index (χ1) is 14.6. The number of piperidine rings is 1. The maximum absolute atomic E-state index is 13.4. The summed E-state index contributed by atoms with van der Waals surface area (Å²) in [7, 11) is -3.49. The first kappa shape index (κ1) is 19.6. The molecule has 7 heteroatoms. The van der Waals surface area contributed by atoms with Crippen molar-refractivity contribution < 1.29 is 13.2 Å². The lowest BCUT2D eigenvalue weighted by atomic mass is 10.1. The van der Waals surface area contributed by atoms with Gasteiger partial charge in [0.25, 0.3) is 5.91 Å². The van der Waals surface area contributed by atoms with Gasteiger partial charge >= 0.3 is 0 Å². The van der Waals surface area contributed by atoms with E-state index in [1.807, 2.05) is 23.1 Å². The Hall–Kier alpha value is -2.38. The summed E-state index contributed by atoms with van der Waals surface area (Å²) in [6.07, 6.45) is 5.12. The predicted molar refractivity (Wildman–Crippen MR) is 118 cm³/mol. The molecule has 0 aromatic heterocycles. The Labute approximate surface area is 178 Å². The zero-order valence-corrected chi connectivity index (χ0v) is 17.9. The number of hydrogen-bond donors (Lipinski definition) is 0. The molecule has 1 atom stereocenters. The molecule has 6 nitrogen and oxygen atoms in total. The molecule has 0 aliphatic carbocycles. The number of rotatable bonds is 3. The third kappa shape index (κ3) is 3.30. The molecule has 30 heavy (non-hydrogen) atoms. The fourth-order valence-corrected chi connectivity index (χ4v) is 6.48. The monoisotopic (exact) mass is 425 g/mol. The quantitative estimate of drug-likeness (QED) is 0.755. The third-order valence-corrected chi connectivity index (χ3v) is 8.46. The Morgan fingerprint density at radius 3 is 2.27 bits per heavy atom. The Kier molecular flexibility index (Phi) is 5.03. The van der Waals surface area contributed by atoms with Crippen LogP contribution in [-0.4, -0.2) is 50.9 Å². The van der Waals surface area contributed by atoms with Crippen molar-refractivity contribution >= 4 is 27.3 Å². The number of sulfonamides is 1. The van der Waals surface area contributed by atoms with E-state index in [-0.39, 0.29) is 10.8 Å². The maximum atomic E-state index is 13.4. The molecule has 5 rings (SSSR count). The largest absolute Gasteiger partial charge is 0.365 e. The van der Waals surface area contributed by atoms with Crippen LogP contribution >= 0.6 is 0 Å². The molecule has 2 aromatic rings. The summed E-state index contributed by atoms with van der Waals surface area (Å²) in [5, 5.41) is 0. The van der Waals surface area contributed by atoms with Gasteiger partial charge < -0.3 is 9.80 Å². The highest BCUT2D eigenvalue weighted by Gasteiger charge is 2.36. The van der Waals surface area contributed by atoms with Gasteiger partial charge in [-0.25, -0.2) is 8.42 Å². The van der Waals surface area contributed by atoms with Crippen molar-refractivity contribution in [3.05, 3.63) is 54.1 Å². The van der Waals surface area contributed by atoms with E-state index < -0.39 is 10.0 Å². The smallest absolute Gasteiger partial charge is 0.258 e. The van der Waals surface area contributed by atoms with Crippen molar-refractivity contribution in [3.63, 3.8) is 0 Å². The van der Waals surface area contributed by atoms with Crippen LogP contribution in [0.3, 0.4) is 0 Å². The van der Waals surface area contributed by atoms with Gasteiger partial charge in [0.05, 0.1) is 16.3 Å². The van der Waals surface area contributed by atoms with Gasteiger partial charge in [0.15, 0.2) is 0 Å². The number of amides is 1. The fraction of sp³-hybridized carbons (Fsp3) is 0.435. The Morgan fingerprint density at radius 2 is 1.53 bits per heavy atom. The van der Waals surface area contributed by atoms with Gasteiger partial charge in [0.2, 0.25) is 10.0 Å². The molecule has 0 unspecified atom stereocenters. The zero-order chi connectivity index (χ0) is 20.7. The summed E-state index contributed by atoms with van der Waals surface area (Å²) in [6.45, 7) is 2.85. The van der Waals surface area contributed by atoms with Crippen LogP contribution in [0.5, 0.6) is 0 Å². The lowest BCUT2D eigenvalue weighted by Gasteiger charge is -2.40. The second-order valence-electron chi connectivity index (χ2n) is 8.38. The number of carbonyl (C=O) groups excluding carboxylic acids is 1. The van der Waals surface area contributed by atoms with E-state index in [0.29, 0.717) is 31.2 Å². The topological polar surface area (TPSA) is 60.9 Å². The van der Waals surface area contributed by atoms with E-state index in [1.54, 1.807) is 28.6 Å². The third-order valence-electron chi connectivity index (χ3n) is 6.55. The second-order valence-corrected chi connectivity index (χ2v) is 10.3. The van der Waals surface area contributed by atoms with Crippen molar-refractivity contribution in [2.75, 3.05) is 36.0 Å². The molecule has 2 saturated heterocycles. The van der Waals surface area contributed by atoms with Gasteiger partial charge in [0.1, 0.15) is 0 Å². The first-order valence-corrected chi connectivity index (χ1v) is 12.3. The summed E-state index contributed by atoms with van der Waals surface area (Å²) in [4.78, 5) is 17.9. The van der Waals surface area contributed by atoms with Crippen molar-refractivity contribution in [3.8, 4) is 0 Å². The molecular formula is C23H27N3O3S. The van der Waals surface area contributed by atoms with Crippen LogP contribution in [0.4, 0.5) is 11.4 Å². The van der Waals surface area contributed by atoms with Crippen LogP contribution in [-0.2, 0) is 10.0 Å². The summed E-state index contributed by atoms with van der Waals surface area (Å²) < 4.78 is 27.3. The molecule has 1 amide bonds. The maximum Gasteiger partial charge on any atom is 0.258 e. The lowest BCUT2D eigenvalue weighted by molar-refractivity contribution is 0.0984. The van der Waals surface area contributed by atoms with Crippen molar-refractivity contribution in [2.45, 2.75) is 43.0 Å². The number of hydrogen-bond acceptors (Lipinski definition) is 4. The van der Waals surface area contributed by atoms with Crippen LogP contribution in [0, 0.1) is 0 Å². The molecule has 3 aliphatic heterocycles. The summed E-state index contributed by atoms with van der Waals surface area (Å²) in [6, 6.07) is 14.9. The van der Waals surface area contributed by atoms with Gasteiger partial charge in [-0.2, -0.15) is 4.31 Å². The molecule has 0 radical (unpaired) electrons. The highest BCUT2D eigenvalue weighted by atomic mass is 32.2. The molecular weight excluding hydrogens is 398 g/mol. The molecule has 158 valence electrons. The summed E-state index contributed by atoms with van der Waals surface area (Å²) >= 11 is 0. The van der Waals surface area contributed by atoms with Gasteiger partial charge in [-0.15, -0.1) is 0 Å². The minimum absolute atomic E-state index is 0.0732. The van der Waals surface area contributed by atoms with Crippen LogP contribution in [0.2, 0.25) is 0 Å². The first-order valence-electron chi connectivity index (χ1n) is 10.8. The highest BCUT2D eigenvalue weighted by molar-refractivity contribution is 7.89. The molecule has 0 N–H and O–H groups in total. The minimum atomic E-state index is -3.49. The van der Waals surface area contributed by atoms with E-state index >= 15 is 0 Å². The number of carbonyl (C=O) groups is 1.